The van der Waals surface area contributed by atoms with E-state index in [2.05, 4.69) is 26.1 Å². The van der Waals surface area contributed by atoms with Crippen molar-refractivity contribution in [1.82, 2.24) is 10.2 Å². The van der Waals surface area contributed by atoms with Crippen LogP contribution in [-0.4, -0.2) is 43.7 Å². The highest BCUT2D eigenvalue weighted by Crippen LogP contribution is 2.31. The lowest BCUT2D eigenvalue weighted by molar-refractivity contribution is -0.137. The Labute approximate surface area is 180 Å². The summed E-state index contributed by atoms with van der Waals surface area (Å²) < 4.78 is 44.8. The molecule has 29 heavy (non-hydrogen) atoms. The predicted molar refractivity (Wildman–Crippen MR) is 108 cm³/mol. The smallest absolute Gasteiger partial charge is 0.379 e. The second-order valence-electron chi connectivity index (χ2n) is 6.62. The minimum absolute atomic E-state index is 0.229. The Morgan fingerprint density at radius 2 is 1.83 bits per heavy atom. The highest BCUT2D eigenvalue weighted by Gasteiger charge is 2.31. The Kier molecular flexibility index (Phi) is 7.21. The molecular weight excluding hydrogens is 473 g/mol. The number of nitrogens with one attached hydrogen (secondary N) is 1. The number of alkyl halides is 3. The molecule has 1 N–H and O–H groups in total. The summed E-state index contributed by atoms with van der Waals surface area (Å²) in [6, 6.07) is 9.75. The van der Waals surface area contributed by atoms with Gasteiger partial charge in [-0.3, -0.25) is 9.69 Å². The van der Waals surface area contributed by atoms with Crippen LogP contribution in [0.5, 0.6) is 0 Å². The highest BCUT2D eigenvalue weighted by molar-refractivity contribution is 9.10. The fraction of sp³-hybridized carbons (Fsp3) is 0.350. The van der Waals surface area contributed by atoms with E-state index in [9.17, 15) is 18.0 Å². The van der Waals surface area contributed by atoms with Gasteiger partial charge in [-0.25, -0.2) is 0 Å². The zero-order valence-corrected chi connectivity index (χ0v) is 17.6. The predicted octanol–water partition coefficient (Wildman–Crippen LogP) is 4.92. The Balaban J connectivity index is 1.79. The molecule has 4 nitrogen and oxygen atoms in total. The molecule has 1 unspecified atom stereocenters. The van der Waals surface area contributed by atoms with Gasteiger partial charge in [0.05, 0.1) is 35.4 Å². The van der Waals surface area contributed by atoms with E-state index in [1.54, 1.807) is 18.2 Å². The van der Waals surface area contributed by atoms with Crippen molar-refractivity contribution >= 4 is 33.4 Å². The standard InChI is InChI=1S/C20H19BrClF3N2O2/c21-15-5-6-17(22)16(11-15)19(28)26-12-18(27-7-9-29-10-8-27)13-1-3-14(4-2-13)20(23,24)25/h1-6,11,18H,7-10,12H2,(H,26,28). The van der Waals surface area contributed by atoms with E-state index in [-0.39, 0.29) is 18.5 Å². The third-order valence-electron chi connectivity index (χ3n) is 4.74. The first kappa shape index (κ1) is 22.1. The summed E-state index contributed by atoms with van der Waals surface area (Å²) in [4.78, 5) is 14.7. The molecule has 1 amide bonds. The van der Waals surface area contributed by atoms with Crippen molar-refractivity contribution in [2.45, 2.75) is 12.2 Å². The second kappa shape index (κ2) is 9.47. The molecule has 1 saturated heterocycles. The van der Waals surface area contributed by atoms with Crippen molar-refractivity contribution in [2.24, 2.45) is 0 Å². The molecule has 0 saturated carbocycles. The number of hydrogen-bond acceptors (Lipinski definition) is 3. The number of amides is 1. The molecule has 1 heterocycles. The summed E-state index contributed by atoms with van der Waals surface area (Å²) in [6.07, 6.45) is -4.39. The van der Waals surface area contributed by atoms with E-state index >= 15 is 0 Å². The molecule has 2 aromatic rings. The molecule has 1 aliphatic heterocycles. The van der Waals surface area contributed by atoms with Gasteiger partial charge in [0.2, 0.25) is 0 Å². The number of carbonyl (C=O) groups is 1. The van der Waals surface area contributed by atoms with Crippen molar-refractivity contribution in [2.75, 3.05) is 32.8 Å². The molecule has 2 aromatic carbocycles. The summed E-state index contributed by atoms with van der Waals surface area (Å²) in [6.45, 7) is 2.54. The van der Waals surface area contributed by atoms with Gasteiger partial charge in [0.1, 0.15) is 0 Å². The average Bonchev–Trinajstić information content (AvgIpc) is 2.70. The first-order valence-corrected chi connectivity index (χ1v) is 10.1. The van der Waals surface area contributed by atoms with Gasteiger partial charge in [0, 0.05) is 24.1 Å². The molecule has 1 atom stereocenters. The van der Waals surface area contributed by atoms with Crippen molar-refractivity contribution < 1.29 is 22.7 Å². The highest BCUT2D eigenvalue weighted by atomic mass is 79.9. The Morgan fingerprint density at radius 3 is 2.45 bits per heavy atom. The first-order valence-electron chi connectivity index (χ1n) is 8.98. The maximum absolute atomic E-state index is 12.9. The topological polar surface area (TPSA) is 41.6 Å². The van der Waals surface area contributed by atoms with Crippen LogP contribution in [-0.2, 0) is 10.9 Å². The number of benzene rings is 2. The van der Waals surface area contributed by atoms with Crippen LogP contribution in [0.2, 0.25) is 5.02 Å². The molecular formula is C20H19BrClF3N2O2. The van der Waals surface area contributed by atoms with Crippen LogP contribution in [0, 0.1) is 0 Å². The summed E-state index contributed by atoms with van der Waals surface area (Å²) in [5, 5.41) is 3.18. The van der Waals surface area contributed by atoms with Gasteiger partial charge in [-0.15, -0.1) is 0 Å². The number of carbonyl (C=O) groups excluding carboxylic acids is 1. The number of ether oxygens (including phenoxy) is 1. The lowest BCUT2D eigenvalue weighted by Gasteiger charge is -2.35. The van der Waals surface area contributed by atoms with E-state index in [0.29, 0.717) is 42.5 Å². The normalized spacial score (nSPS) is 16.4. The Hall–Kier alpha value is -1.61. The van der Waals surface area contributed by atoms with Gasteiger partial charge < -0.3 is 10.1 Å². The average molecular weight is 492 g/mol. The molecule has 0 aromatic heterocycles. The summed E-state index contributed by atoms with van der Waals surface area (Å²) in [7, 11) is 0. The van der Waals surface area contributed by atoms with Gasteiger partial charge >= 0.3 is 6.18 Å². The van der Waals surface area contributed by atoms with E-state index in [4.69, 9.17) is 16.3 Å². The summed E-state index contributed by atoms with van der Waals surface area (Å²) in [5.41, 5.74) is 0.321. The van der Waals surface area contributed by atoms with Gasteiger partial charge in [-0.2, -0.15) is 13.2 Å². The van der Waals surface area contributed by atoms with E-state index in [1.807, 2.05) is 0 Å². The largest absolute Gasteiger partial charge is 0.416 e. The van der Waals surface area contributed by atoms with Crippen LogP contribution in [0.25, 0.3) is 0 Å². The van der Waals surface area contributed by atoms with Crippen LogP contribution in [0.4, 0.5) is 13.2 Å². The molecule has 1 fully saturated rings. The maximum Gasteiger partial charge on any atom is 0.416 e. The van der Waals surface area contributed by atoms with Gasteiger partial charge in [-0.05, 0) is 35.9 Å². The van der Waals surface area contributed by atoms with E-state index < -0.39 is 11.7 Å². The molecule has 0 bridgehead atoms. The van der Waals surface area contributed by atoms with E-state index in [0.717, 1.165) is 16.6 Å². The van der Waals surface area contributed by atoms with Crippen molar-refractivity contribution in [1.29, 1.82) is 0 Å². The molecule has 1 aliphatic rings. The third-order valence-corrected chi connectivity index (χ3v) is 5.56. The molecule has 0 spiro atoms. The number of morpholine rings is 1. The zero-order chi connectivity index (χ0) is 21.0. The lowest BCUT2D eigenvalue weighted by atomic mass is 10.0. The molecule has 3 rings (SSSR count). The minimum atomic E-state index is -4.39. The van der Waals surface area contributed by atoms with Crippen LogP contribution in [0.1, 0.15) is 27.5 Å². The molecule has 156 valence electrons. The second-order valence-corrected chi connectivity index (χ2v) is 7.94. The zero-order valence-electron chi connectivity index (χ0n) is 15.3. The lowest BCUT2D eigenvalue weighted by Crippen LogP contribution is -2.43. The molecule has 9 heteroatoms. The van der Waals surface area contributed by atoms with Crippen LogP contribution in [0.15, 0.2) is 46.9 Å². The number of hydrogen-bond donors (Lipinski definition) is 1. The number of nitrogens with zero attached hydrogens (tertiary/aromatic N) is 1. The SMILES string of the molecule is O=C(NCC(c1ccc(C(F)(F)F)cc1)N1CCOCC1)c1cc(Br)ccc1Cl. The maximum atomic E-state index is 12.9. The molecule has 0 aliphatic carbocycles. The third kappa shape index (κ3) is 5.72. The van der Waals surface area contributed by atoms with E-state index in [1.165, 1.54) is 12.1 Å². The Bertz CT molecular complexity index is 856. The molecule has 0 radical (unpaired) electrons. The van der Waals surface area contributed by atoms with Crippen molar-refractivity contribution in [3.63, 3.8) is 0 Å². The summed E-state index contributed by atoms with van der Waals surface area (Å²) >= 11 is 9.43. The quantitative estimate of drug-likeness (QED) is 0.645. The Morgan fingerprint density at radius 1 is 1.17 bits per heavy atom. The number of halogens is 5. The van der Waals surface area contributed by atoms with Crippen molar-refractivity contribution in [3.8, 4) is 0 Å². The van der Waals surface area contributed by atoms with Crippen LogP contribution in [0.3, 0.4) is 0 Å². The van der Waals surface area contributed by atoms with Crippen molar-refractivity contribution in [3.05, 3.63) is 68.7 Å². The van der Waals surface area contributed by atoms with Crippen LogP contribution < -0.4 is 5.32 Å². The minimum Gasteiger partial charge on any atom is -0.379 e. The van der Waals surface area contributed by atoms with Gasteiger partial charge in [0.15, 0.2) is 0 Å². The van der Waals surface area contributed by atoms with Crippen LogP contribution >= 0.6 is 27.5 Å². The fourth-order valence-corrected chi connectivity index (χ4v) is 3.76. The fourth-order valence-electron chi connectivity index (χ4n) is 3.20. The first-order chi connectivity index (χ1) is 13.8. The van der Waals surface area contributed by atoms with Gasteiger partial charge in [0.25, 0.3) is 5.91 Å². The number of rotatable bonds is 5. The monoisotopic (exact) mass is 490 g/mol. The van der Waals surface area contributed by atoms with Gasteiger partial charge in [-0.1, -0.05) is 39.7 Å². The summed E-state index contributed by atoms with van der Waals surface area (Å²) in [5.74, 6) is -0.346.